The van der Waals surface area contributed by atoms with Crippen molar-refractivity contribution in [2.45, 2.75) is 37.7 Å². The highest BCUT2D eigenvalue weighted by atomic mass is 32.2. The van der Waals surface area contributed by atoms with Gasteiger partial charge in [0.1, 0.15) is 6.61 Å². The number of fused-ring (bicyclic) bond motifs is 1. The molecule has 1 fully saturated rings. The van der Waals surface area contributed by atoms with Gasteiger partial charge in [-0.2, -0.15) is 4.31 Å². The SMILES string of the molecule is C[C@H]1CCc2c(C(=O)OCc3cccc(S(=O)(=O)N4CCOCC4)c3)csc2C1. The Morgan fingerprint density at radius 1 is 1.31 bits per heavy atom. The van der Waals surface area contributed by atoms with Gasteiger partial charge in [0.25, 0.3) is 0 Å². The normalized spacial score (nSPS) is 20.2. The van der Waals surface area contributed by atoms with Crippen LogP contribution in [0.3, 0.4) is 0 Å². The summed E-state index contributed by atoms with van der Waals surface area (Å²) in [6.07, 6.45) is 3.03. The summed E-state index contributed by atoms with van der Waals surface area (Å²) in [5, 5.41) is 1.89. The molecular formula is C21H25NO5S2. The first-order valence-electron chi connectivity index (χ1n) is 9.88. The molecule has 4 rings (SSSR count). The van der Waals surface area contributed by atoms with Crippen molar-refractivity contribution in [2.75, 3.05) is 26.3 Å². The quantitative estimate of drug-likeness (QED) is 0.674. The van der Waals surface area contributed by atoms with Crippen molar-refractivity contribution >= 4 is 27.3 Å². The summed E-state index contributed by atoms with van der Waals surface area (Å²) in [6, 6.07) is 6.62. The number of benzene rings is 1. The number of ether oxygens (including phenoxy) is 2. The van der Waals surface area contributed by atoms with E-state index in [-0.39, 0.29) is 17.5 Å². The minimum Gasteiger partial charge on any atom is -0.457 e. The fraction of sp³-hybridized carbons (Fsp3) is 0.476. The van der Waals surface area contributed by atoms with Crippen molar-refractivity contribution in [3.05, 3.63) is 51.2 Å². The predicted molar refractivity (Wildman–Crippen MR) is 111 cm³/mol. The van der Waals surface area contributed by atoms with Crippen molar-refractivity contribution in [1.29, 1.82) is 0 Å². The van der Waals surface area contributed by atoms with Gasteiger partial charge in [0.2, 0.25) is 10.0 Å². The van der Waals surface area contributed by atoms with Crippen LogP contribution in [-0.4, -0.2) is 45.0 Å². The number of rotatable bonds is 5. The van der Waals surface area contributed by atoms with Crippen LogP contribution in [0.5, 0.6) is 0 Å². The lowest BCUT2D eigenvalue weighted by molar-refractivity contribution is 0.0471. The maximum Gasteiger partial charge on any atom is 0.339 e. The van der Waals surface area contributed by atoms with Gasteiger partial charge in [0.15, 0.2) is 0 Å². The van der Waals surface area contributed by atoms with Crippen molar-refractivity contribution < 1.29 is 22.7 Å². The number of esters is 1. The van der Waals surface area contributed by atoms with Gasteiger partial charge < -0.3 is 9.47 Å². The molecule has 2 heterocycles. The third-order valence-electron chi connectivity index (χ3n) is 5.50. The Hall–Kier alpha value is -1.74. The first-order valence-corrected chi connectivity index (χ1v) is 12.2. The first kappa shape index (κ1) is 20.5. The number of nitrogens with zero attached hydrogens (tertiary/aromatic N) is 1. The molecule has 0 spiro atoms. The molecule has 1 aliphatic heterocycles. The molecule has 2 aliphatic rings. The van der Waals surface area contributed by atoms with Gasteiger partial charge in [-0.3, -0.25) is 0 Å². The van der Waals surface area contributed by atoms with Gasteiger partial charge in [-0.25, -0.2) is 13.2 Å². The Kier molecular flexibility index (Phi) is 6.06. The second-order valence-electron chi connectivity index (χ2n) is 7.64. The summed E-state index contributed by atoms with van der Waals surface area (Å²) < 4.78 is 37.8. The van der Waals surface area contributed by atoms with E-state index in [2.05, 4.69) is 6.92 Å². The zero-order chi connectivity index (χ0) is 20.4. The second kappa shape index (κ2) is 8.55. The van der Waals surface area contributed by atoms with Gasteiger partial charge in [-0.15, -0.1) is 11.3 Å². The van der Waals surface area contributed by atoms with E-state index < -0.39 is 10.0 Å². The lowest BCUT2D eigenvalue weighted by Crippen LogP contribution is -2.40. The molecule has 29 heavy (non-hydrogen) atoms. The summed E-state index contributed by atoms with van der Waals surface area (Å²) in [5.74, 6) is 0.319. The van der Waals surface area contributed by atoms with Gasteiger partial charge >= 0.3 is 5.97 Å². The highest BCUT2D eigenvalue weighted by Gasteiger charge is 2.27. The molecule has 0 unspecified atom stereocenters. The zero-order valence-corrected chi connectivity index (χ0v) is 18.1. The molecule has 1 aromatic carbocycles. The summed E-state index contributed by atoms with van der Waals surface area (Å²) in [5.41, 5.74) is 2.45. The molecule has 0 N–H and O–H groups in total. The standard InChI is InChI=1S/C21H25NO5S2/c1-15-5-6-18-19(14-28-20(18)11-15)21(23)27-13-16-3-2-4-17(12-16)29(24,25)22-7-9-26-10-8-22/h2-4,12,14-15H,5-11,13H2,1H3/t15-/m0/s1. The minimum atomic E-state index is -3.57. The number of thiophene rings is 1. The summed E-state index contributed by atoms with van der Waals surface area (Å²) in [4.78, 5) is 14.1. The van der Waals surface area contributed by atoms with Crippen LogP contribution in [0.1, 0.15) is 39.7 Å². The average molecular weight is 436 g/mol. The van der Waals surface area contributed by atoms with E-state index in [0.717, 1.165) is 24.8 Å². The molecule has 0 radical (unpaired) electrons. The highest BCUT2D eigenvalue weighted by Crippen LogP contribution is 2.33. The predicted octanol–water partition coefficient (Wildman–Crippen LogP) is 3.25. The molecule has 1 aromatic heterocycles. The minimum absolute atomic E-state index is 0.0479. The fourth-order valence-corrected chi connectivity index (χ4v) is 6.52. The molecule has 1 atom stereocenters. The summed E-state index contributed by atoms with van der Waals surface area (Å²) >= 11 is 1.63. The van der Waals surface area contributed by atoms with E-state index in [4.69, 9.17) is 9.47 Å². The summed E-state index contributed by atoms with van der Waals surface area (Å²) in [7, 11) is -3.57. The smallest absolute Gasteiger partial charge is 0.339 e. The second-order valence-corrected chi connectivity index (χ2v) is 10.5. The Balaban J connectivity index is 1.44. The topological polar surface area (TPSA) is 72.9 Å². The van der Waals surface area contributed by atoms with Crippen LogP contribution < -0.4 is 0 Å². The molecule has 0 saturated carbocycles. The third-order valence-corrected chi connectivity index (χ3v) is 8.44. The van der Waals surface area contributed by atoms with E-state index >= 15 is 0 Å². The largest absolute Gasteiger partial charge is 0.457 e. The lowest BCUT2D eigenvalue weighted by Gasteiger charge is -2.26. The molecule has 8 heteroatoms. The van der Waals surface area contributed by atoms with Gasteiger partial charge in [-0.1, -0.05) is 19.1 Å². The molecule has 1 saturated heterocycles. The number of carbonyl (C=O) groups is 1. The van der Waals surface area contributed by atoms with Crippen LogP contribution in [0.25, 0.3) is 0 Å². The zero-order valence-electron chi connectivity index (χ0n) is 16.4. The van der Waals surface area contributed by atoms with Crippen molar-refractivity contribution in [3.63, 3.8) is 0 Å². The molecule has 2 aromatic rings. The number of hydrogen-bond acceptors (Lipinski definition) is 6. The molecule has 6 nitrogen and oxygen atoms in total. The van der Waals surface area contributed by atoms with Crippen LogP contribution in [0, 0.1) is 5.92 Å². The van der Waals surface area contributed by atoms with Crippen LogP contribution in [0.4, 0.5) is 0 Å². The number of sulfonamides is 1. The average Bonchev–Trinajstić information content (AvgIpc) is 3.16. The van der Waals surface area contributed by atoms with Crippen LogP contribution in [-0.2, 0) is 38.9 Å². The van der Waals surface area contributed by atoms with Gasteiger partial charge in [0.05, 0.1) is 23.7 Å². The van der Waals surface area contributed by atoms with Crippen molar-refractivity contribution in [2.24, 2.45) is 5.92 Å². The van der Waals surface area contributed by atoms with E-state index in [1.165, 1.54) is 9.18 Å². The van der Waals surface area contributed by atoms with E-state index in [1.54, 1.807) is 35.6 Å². The first-order chi connectivity index (χ1) is 13.9. The number of hydrogen-bond donors (Lipinski definition) is 0. The maximum atomic E-state index is 12.8. The lowest BCUT2D eigenvalue weighted by atomic mass is 9.88. The molecular weight excluding hydrogens is 410 g/mol. The van der Waals surface area contributed by atoms with Crippen LogP contribution >= 0.6 is 11.3 Å². The number of morpholine rings is 1. The molecule has 0 amide bonds. The highest BCUT2D eigenvalue weighted by molar-refractivity contribution is 7.89. The van der Waals surface area contributed by atoms with E-state index in [1.807, 2.05) is 5.38 Å². The maximum absolute atomic E-state index is 12.8. The van der Waals surface area contributed by atoms with Crippen LogP contribution in [0.15, 0.2) is 34.5 Å². The summed E-state index contributed by atoms with van der Waals surface area (Å²) in [6.45, 7) is 3.79. The fourth-order valence-electron chi connectivity index (χ4n) is 3.81. The Morgan fingerprint density at radius 2 is 2.10 bits per heavy atom. The molecule has 1 aliphatic carbocycles. The van der Waals surface area contributed by atoms with Crippen LogP contribution in [0.2, 0.25) is 0 Å². The Bertz CT molecular complexity index is 992. The Labute approximate surface area is 175 Å². The Morgan fingerprint density at radius 3 is 2.90 bits per heavy atom. The van der Waals surface area contributed by atoms with Crippen molar-refractivity contribution in [1.82, 2.24) is 4.31 Å². The third kappa shape index (κ3) is 4.40. The van der Waals surface area contributed by atoms with E-state index in [0.29, 0.717) is 43.3 Å². The van der Waals surface area contributed by atoms with Gasteiger partial charge in [-0.05, 0) is 48.4 Å². The monoisotopic (exact) mass is 435 g/mol. The molecule has 156 valence electrons. The van der Waals surface area contributed by atoms with Crippen molar-refractivity contribution in [3.8, 4) is 0 Å². The number of carbonyl (C=O) groups excluding carboxylic acids is 1. The van der Waals surface area contributed by atoms with Gasteiger partial charge in [0, 0.05) is 23.3 Å². The molecule has 0 bridgehead atoms. The van der Waals surface area contributed by atoms with E-state index in [9.17, 15) is 13.2 Å².